The van der Waals surface area contributed by atoms with E-state index in [9.17, 15) is 0 Å². The summed E-state index contributed by atoms with van der Waals surface area (Å²) >= 11 is 0. The molecule has 0 saturated heterocycles. The van der Waals surface area contributed by atoms with Gasteiger partial charge in [-0.1, -0.05) is 18.2 Å². The lowest BCUT2D eigenvalue weighted by Crippen LogP contribution is -2.51. The standard InChI is InChI=1S/C19H17N7/c20-17-2-1-5-19(21,24-17)15-8-14(11-26-7-6-22-18(15)26)12-3-4-13-10-23-25-16(13)9-12/h1-11,24H,20-21H2,(H,23,25). The van der Waals surface area contributed by atoms with Gasteiger partial charge in [-0.15, -0.1) is 0 Å². The summed E-state index contributed by atoms with van der Waals surface area (Å²) in [5.41, 5.74) is 16.3. The number of allylic oxidation sites excluding steroid dienone is 2. The summed E-state index contributed by atoms with van der Waals surface area (Å²) in [6, 6.07) is 8.24. The molecule has 0 amide bonds. The van der Waals surface area contributed by atoms with Gasteiger partial charge in [0.1, 0.15) is 11.3 Å². The van der Waals surface area contributed by atoms with Crippen molar-refractivity contribution >= 4 is 16.6 Å². The maximum Gasteiger partial charge on any atom is 0.144 e. The summed E-state index contributed by atoms with van der Waals surface area (Å²) in [5.74, 6) is 0.518. The molecule has 1 aliphatic rings. The van der Waals surface area contributed by atoms with Gasteiger partial charge in [-0.25, -0.2) is 4.98 Å². The second kappa shape index (κ2) is 5.21. The van der Waals surface area contributed by atoms with Gasteiger partial charge in [-0.3, -0.25) is 5.10 Å². The molecule has 128 valence electrons. The Morgan fingerprint density at radius 3 is 2.96 bits per heavy atom. The average molecular weight is 343 g/mol. The summed E-state index contributed by atoms with van der Waals surface area (Å²) in [4.78, 5) is 4.47. The van der Waals surface area contributed by atoms with Crippen molar-refractivity contribution in [3.8, 4) is 11.1 Å². The van der Waals surface area contributed by atoms with Gasteiger partial charge in [0, 0.05) is 29.5 Å². The van der Waals surface area contributed by atoms with E-state index in [0.29, 0.717) is 5.82 Å². The third-order valence-electron chi connectivity index (χ3n) is 4.69. The number of nitrogens with zero attached hydrogens (tertiary/aromatic N) is 3. The van der Waals surface area contributed by atoms with Gasteiger partial charge >= 0.3 is 0 Å². The summed E-state index contributed by atoms with van der Waals surface area (Å²) in [6.07, 6.45) is 13.0. The van der Waals surface area contributed by atoms with E-state index in [2.05, 4.69) is 38.7 Å². The number of pyridine rings is 1. The fraction of sp³-hybridized carbons (Fsp3) is 0.0526. The third-order valence-corrected chi connectivity index (χ3v) is 4.69. The van der Waals surface area contributed by atoms with Crippen LogP contribution in [0.25, 0.3) is 27.7 Å². The van der Waals surface area contributed by atoms with Gasteiger partial charge in [-0.2, -0.15) is 5.10 Å². The molecule has 1 aliphatic heterocycles. The average Bonchev–Trinajstić information content (AvgIpc) is 3.28. The number of hydrogen-bond donors (Lipinski definition) is 4. The van der Waals surface area contributed by atoms with Crippen molar-refractivity contribution in [3.63, 3.8) is 0 Å². The number of H-pyrrole nitrogens is 1. The minimum atomic E-state index is -0.931. The second-order valence-electron chi connectivity index (χ2n) is 6.45. The molecule has 4 aromatic rings. The van der Waals surface area contributed by atoms with Crippen LogP contribution in [-0.4, -0.2) is 19.6 Å². The molecule has 0 saturated carbocycles. The highest BCUT2D eigenvalue weighted by atomic mass is 15.2. The van der Waals surface area contributed by atoms with Crippen molar-refractivity contribution in [2.75, 3.05) is 0 Å². The maximum absolute atomic E-state index is 6.63. The molecule has 0 radical (unpaired) electrons. The fourth-order valence-corrected chi connectivity index (χ4v) is 3.39. The Balaban J connectivity index is 1.73. The first-order valence-electron chi connectivity index (χ1n) is 8.25. The zero-order valence-corrected chi connectivity index (χ0v) is 13.8. The first kappa shape index (κ1) is 14.7. The predicted molar refractivity (Wildman–Crippen MR) is 101 cm³/mol. The van der Waals surface area contributed by atoms with Crippen LogP contribution in [0.15, 0.2) is 73.1 Å². The van der Waals surface area contributed by atoms with E-state index in [1.54, 1.807) is 12.3 Å². The van der Waals surface area contributed by atoms with E-state index in [1.807, 2.05) is 41.2 Å². The predicted octanol–water partition coefficient (Wildman–Crippen LogP) is 1.95. The van der Waals surface area contributed by atoms with Crippen molar-refractivity contribution in [1.29, 1.82) is 0 Å². The molecule has 4 heterocycles. The molecule has 1 unspecified atom stereocenters. The van der Waals surface area contributed by atoms with Crippen LogP contribution in [-0.2, 0) is 5.66 Å². The number of rotatable bonds is 2. The normalized spacial score (nSPS) is 19.7. The van der Waals surface area contributed by atoms with Crippen molar-refractivity contribution in [1.82, 2.24) is 24.9 Å². The van der Waals surface area contributed by atoms with Gasteiger partial charge in [0.05, 0.1) is 17.5 Å². The molecular weight excluding hydrogens is 326 g/mol. The monoisotopic (exact) mass is 343 g/mol. The highest BCUT2D eigenvalue weighted by molar-refractivity contribution is 5.84. The van der Waals surface area contributed by atoms with Crippen molar-refractivity contribution in [2.24, 2.45) is 11.5 Å². The lowest BCUT2D eigenvalue weighted by molar-refractivity contribution is 0.473. The van der Waals surface area contributed by atoms with Crippen LogP contribution >= 0.6 is 0 Å². The van der Waals surface area contributed by atoms with Crippen molar-refractivity contribution < 1.29 is 0 Å². The highest BCUT2D eigenvalue weighted by Crippen LogP contribution is 2.30. The van der Waals surface area contributed by atoms with Crippen LogP contribution in [0.2, 0.25) is 0 Å². The molecule has 6 N–H and O–H groups in total. The number of hydrogen-bond acceptors (Lipinski definition) is 5. The Morgan fingerprint density at radius 1 is 1.15 bits per heavy atom. The molecule has 1 aromatic carbocycles. The van der Waals surface area contributed by atoms with Gasteiger partial charge in [0.2, 0.25) is 0 Å². The number of nitrogens with two attached hydrogens (primary N) is 2. The Hall–Kier alpha value is -3.58. The third kappa shape index (κ3) is 2.18. The van der Waals surface area contributed by atoms with Gasteiger partial charge in [0.15, 0.2) is 0 Å². The minimum Gasteiger partial charge on any atom is -0.385 e. The van der Waals surface area contributed by atoms with Gasteiger partial charge in [-0.05, 0) is 35.4 Å². The van der Waals surface area contributed by atoms with E-state index in [-0.39, 0.29) is 0 Å². The number of aromatic amines is 1. The molecule has 7 nitrogen and oxygen atoms in total. The molecule has 1 atom stereocenters. The molecule has 3 aromatic heterocycles. The summed E-state index contributed by atoms with van der Waals surface area (Å²) in [6.45, 7) is 0. The molecular formula is C19H17N7. The summed E-state index contributed by atoms with van der Waals surface area (Å²) < 4.78 is 1.97. The highest BCUT2D eigenvalue weighted by Gasteiger charge is 2.29. The molecule has 0 spiro atoms. The number of dihydropyridines is 1. The van der Waals surface area contributed by atoms with Crippen LogP contribution in [0, 0.1) is 0 Å². The Kier molecular flexibility index (Phi) is 2.95. The summed E-state index contributed by atoms with van der Waals surface area (Å²) in [7, 11) is 0. The van der Waals surface area contributed by atoms with E-state index in [0.717, 1.165) is 33.2 Å². The van der Waals surface area contributed by atoms with E-state index in [4.69, 9.17) is 11.5 Å². The Labute approximate surface area is 149 Å². The van der Waals surface area contributed by atoms with Crippen LogP contribution in [0.3, 0.4) is 0 Å². The number of nitrogens with one attached hydrogen (secondary N) is 2. The first-order valence-corrected chi connectivity index (χ1v) is 8.25. The zero-order valence-electron chi connectivity index (χ0n) is 13.8. The minimum absolute atomic E-state index is 0.518. The topological polar surface area (TPSA) is 110 Å². The molecule has 5 rings (SSSR count). The maximum atomic E-state index is 6.63. The second-order valence-corrected chi connectivity index (χ2v) is 6.45. The van der Waals surface area contributed by atoms with Crippen molar-refractivity contribution in [3.05, 3.63) is 78.7 Å². The van der Waals surface area contributed by atoms with Crippen LogP contribution in [0.1, 0.15) is 5.56 Å². The first-order chi connectivity index (χ1) is 12.6. The van der Waals surface area contributed by atoms with Crippen molar-refractivity contribution in [2.45, 2.75) is 5.66 Å². The van der Waals surface area contributed by atoms with E-state index in [1.165, 1.54) is 0 Å². The number of fused-ring (bicyclic) bond motifs is 2. The van der Waals surface area contributed by atoms with Gasteiger partial charge in [0.25, 0.3) is 0 Å². The number of aromatic nitrogens is 4. The number of benzene rings is 1. The lowest BCUT2D eigenvalue weighted by Gasteiger charge is -2.31. The number of imidazole rings is 1. The van der Waals surface area contributed by atoms with E-state index < -0.39 is 5.66 Å². The Bertz CT molecular complexity index is 1200. The van der Waals surface area contributed by atoms with Gasteiger partial charge < -0.3 is 21.2 Å². The smallest absolute Gasteiger partial charge is 0.144 e. The van der Waals surface area contributed by atoms with Crippen LogP contribution in [0.4, 0.5) is 0 Å². The quantitative estimate of drug-likeness (QED) is 0.445. The zero-order chi connectivity index (χ0) is 17.7. The van der Waals surface area contributed by atoms with Crippen LogP contribution < -0.4 is 16.8 Å². The fourth-order valence-electron chi connectivity index (χ4n) is 3.39. The molecule has 0 aliphatic carbocycles. The Morgan fingerprint density at radius 2 is 2.08 bits per heavy atom. The molecule has 7 heteroatoms. The molecule has 0 bridgehead atoms. The van der Waals surface area contributed by atoms with E-state index >= 15 is 0 Å². The molecule has 26 heavy (non-hydrogen) atoms. The largest absolute Gasteiger partial charge is 0.385 e. The lowest BCUT2D eigenvalue weighted by atomic mass is 9.95. The molecule has 0 fully saturated rings. The van der Waals surface area contributed by atoms with Crippen LogP contribution in [0.5, 0.6) is 0 Å². The SMILES string of the molecule is NC1=CC=CC(N)(c2cc(-c3ccc4cn[nH]c4c3)cn3ccnc23)N1. The summed E-state index contributed by atoms with van der Waals surface area (Å²) in [5, 5.41) is 11.3.